The van der Waals surface area contributed by atoms with Crippen LogP contribution in [-0.2, 0) is 0 Å². The average molecular weight is 277 g/mol. The summed E-state index contributed by atoms with van der Waals surface area (Å²) >= 11 is 0. The Hall–Kier alpha value is -0.943. The molecule has 1 aromatic rings. The van der Waals surface area contributed by atoms with Crippen LogP contribution in [0.5, 0.6) is 0 Å². The highest BCUT2D eigenvalue weighted by atomic mass is 28.4. The molecule has 0 aliphatic heterocycles. The van der Waals surface area contributed by atoms with E-state index >= 15 is 0 Å². The first-order valence-corrected chi connectivity index (χ1v) is 8.37. The van der Waals surface area contributed by atoms with Crippen molar-refractivity contribution in [2.45, 2.75) is 6.92 Å². The first kappa shape index (κ1) is 16.1. The predicted molar refractivity (Wildman–Crippen MR) is 87.6 cm³/mol. The van der Waals surface area contributed by atoms with E-state index in [1.807, 2.05) is 6.92 Å². The largest absolute Gasteiger partial charge is 0.322 e. The Morgan fingerprint density at radius 2 is 1.21 bits per heavy atom. The van der Waals surface area contributed by atoms with Gasteiger partial charge in [0.2, 0.25) is 0 Å². The zero-order valence-corrected chi connectivity index (χ0v) is 14.4. The van der Waals surface area contributed by atoms with Crippen LogP contribution in [0.15, 0.2) is 30.8 Å². The van der Waals surface area contributed by atoms with Gasteiger partial charge in [0.15, 0.2) is 0 Å². The van der Waals surface area contributed by atoms with E-state index in [1.165, 1.54) is 10.8 Å². The van der Waals surface area contributed by atoms with Gasteiger partial charge in [-0.3, -0.25) is 0 Å². The second kappa shape index (κ2) is 6.01. The lowest BCUT2D eigenvalue weighted by atomic mass is 10.1. The molecule has 0 spiro atoms. The molecule has 0 radical (unpaired) electrons. The van der Waals surface area contributed by atoms with E-state index in [0.717, 1.165) is 5.57 Å². The van der Waals surface area contributed by atoms with E-state index in [0.29, 0.717) is 0 Å². The van der Waals surface area contributed by atoms with Crippen LogP contribution in [0.3, 0.4) is 0 Å². The highest BCUT2D eigenvalue weighted by Crippen LogP contribution is 2.15. The first-order chi connectivity index (χ1) is 8.74. The van der Waals surface area contributed by atoms with Crippen LogP contribution < -0.4 is 5.19 Å². The van der Waals surface area contributed by atoms with Crippen molar-refractivity contribution in [1.82, 2.24) is 13.7 Å². The monoisotopic (exact) mass is 277 g/mol. The molecule has 0 aliphatic carbocycles. The Morgan fingerprint density at radius 1 is 0.842 bits per heavy atom. The highest BCUT2D eigenvalue weighted by Gasteiger charge is 2.44. The second-order valence-electron chi connectivity index (χ2n) is 5.68. The summed E-state index contributed by atoms with van der Waals surface area (Å²) in [5.41, 5.74) is 2.32. The number of hydrogen-bond acceptors (Lipinski definition) is 3. The maximum atomic E-state index is 4.00. The van der Waals surface area contributed by atoms with E-state index in [9.17, 15) is 0 Å². The normalized spacial score (nSPS) is 12.5. The lowest BCUT2D eigenvalue weighted by Crippen LogP contribution is -2.76. The van der Waals surface area contributed by atoms with Crippen LogP contribution in [0.1, 0.15) is 12.5 Å². The van der Waals surface area contributed by atoms with Gasteiger partial charge in [-0.1, -0.05) is 36.4 Å². The van der Waals surface area contributed by atoms with Crippen LogP contribution in [0.4, 0.5) is 0 Å². The van der Waals surface area contributed by atoms with Crippen LogP contribution in [0, 0.1) is 0 Å². The lowest BCUT2D eigenvalue weighted by molar-refractivity contribution is 0.397. The van der Waals surface area contributed by atoms with Gasteiger partial charge >= 0.3 is 8.56 Å². The summed E-state index contributed by atoms with van der Waals surface area (Å²) < 4.78 is 7.09. The Labute approximate surface area is 119 Å². The van der Waals surface area contributed by atoms with Gasteiger partial charge < -0.3 is 13.7 Å². The molecule has 0 N–H and O–H groups in total. The van der Waals surface area contributed by atoms with Gasteiger partial charge in [0.1, 0.15) is 0 Å². The van der Waals surface area contributed by atoms with Gasteiger partial charge in [0.25, 0.3) is 0 Å². The van der Waals surface area contributed by atoms with Crippen molar-refractivity contribution >= 4 is 19.3 Å². The minimum absolute atomic E-state index is 1.11. The molecule has 106 valence electrons. The maximum absolute atomic E-state index is 4.00. The number of benzene rings is 1. The summed E-state index contributed by atoms with van der Waals surface area (Å²) in [4.78, 5) is 0. The number of rotatable bonds is 5. The number of nitrogens with zero attached hydrogens (tertiary/aromatic N) is 3. The molecule has 0 amide bonds. The third-order valence-corrected chi connectivity index (χ3v) is 8.49. The topological polar surface area (TPSA) is 9.72 Å². The van der Waals surface area contributed by atoms with E-state index in [-0.39, 0.29) is 0 Å². The molecule has 0 aromatic heterocycles. The third kappa shape index (κ3) is 2.82. The molecule has 0 heterocycles. The molecule has 0 aliphatic rings. The predicted octanol–water partition coefficient (Wildman–Crippen LogP) is 1.55. The van der Waals surface area contributed by atoms with Gasteiger partial charge in [-0.25, -0.2) is 0 Å². The van der Waals surface area contributed by atoms with Crippen molar-refractivity contribution in [3.63, 3.8) is 0 Å². The van der Waals surface area contributed by atoms with Crippen molar-refractivity contribution in [1.29, 1.82) is 0 Å². The maximum Gasteiger partial charge on any atom is 0.322 e. The summed E-state index contributed by atoms with van der Waals surface area (Å²) in [5, 5.41) is 1.39. The number of allylic oxidation sites excluding steroid dienone is 1. The van der Waals surface area contributed by atoms with Crippen molar-refractivity contribution in [2.24, 2.45) is 0 Å². The van der Waals surface area contributed by atoms with Gasteiger partial charge in [-0.05, 0) is 60.0 Å². The molecule has 1 aromatic carbocycles. The summed E-state index contributed by atoms with van der Waals surface area (Å²) in [6.07, 6.45) is 0. The molecule has 3 nitrogen and oxygen atoms in total. The van der Waals surface area contributed by atoms with E-state index in [4.69, 9.17) is 0 Å². The van der Waals surface area contributed by atoms with E-state index in [1.54, 1.807) is 0 Å². The van der Waals surface area contributed by atoms with Crippen LogP contribution in [-0.4, -0.2) is 64.5 Å². The molecule has 1 rings (SSSR count). The summed E-state index contributed by atoms with van der Waals surface area (Å²) in [6.45, 7) is 6.05. The molecule has 0 saturated carbocycles. The zero-order valence-electron chi connectivity index (χ0n) is 13.4. The summed E-state index contributed by atoms with van der Waals surface area (Å²) in [6, 6.07) is 8.85. The molecule has 0 atom stereocenters. The fraction of sp³-hybridized carbons (Fsp3) is 0.467. The standard InChI is InChI=1S/C15H27N3Si/c1-13(2)14-9-11-15(12-10-14)19(16(3)4,17(5)6)18(7)8/h9-12H,1H2,2-8H3. The number of hydrogen-bond donors (Lipinski definition) is 0. The first-order valence-electron chi connectivity index (χ1n) is 6.53. The zero-order chi connectivity index (χ0) is 14.8. The van der Waals surface area contributed by atoms with Gasteiger partial charge in [0, 0.05) is 0 Å². The average Bonchev–Trinajstić information content (AvgIpc) is 2.28. The third-order valence-electron chi connectivity index (χ3n) is 3.64. The van der Waals surface area contributed by atoms with E-state index < -0.39 is 8.56 Å². The molecule has 0 saturated heterocycles. The Kier molecular flexibility index (Phi) is 5.09. The smallest absolute Gasteiger partial charge is 0.301 e. The second-order valence-corrected chi connectivity index (χ2v) is 10.2. The van der Waals surface area contributed by atoms with E-state index in [2.05, 4.69) is 86.8 Å². The summed E-state index contributed by atoms with van der Waals surface area (Å²) in [7, 11) is 11.0. The van der Waals surface area contributed by atoms with Gasteiger partial charge in [0.05, 0.1) is 0 Å². The molecule has 4 heteroatoms. The van der Waals surface area contributed by atoms with Gasteiger partial charge in [-0.2, -0.15) is 0 Å². The van der Waals surface area contributed by atoms with Crippen molar-refractivity contribution in [3.8, 4) is 0 Å². The van der Waals surface area contributed by atoms with Crippen LogP contribution in [0.2, 0.25) is 0 Å². The fourth-order valence-electron chi connectivity index (χ4n) is 2.95. The minimum Gasteiger partial charge on any atom is -0.301 e. The van der Waals surface area contributed by atoms with Crippen molar-refractivity contribution in [2.75, 3.05) is 42.3 Å². The minimum atomic E-state index is -1.99. The molecular formula is C15H27N3Si. The molecular weight excluding hydrogens is 250 g/mol. The Morgan fingerprint density at radius 3 is 1.47 bits per heavy atom. The van der Waals surface area contributed by atoms with Crippen molar-refractivity contribution in [3.05, 3.63) is 36.4 Å². The van der Waals surface area contributed by atoms with Crippen LogP contribution >= 0.6 is 0 Å². The van der Waals surface area contributed by atoms with Crippen molar-refractivity contribution < 1.29 is 0 Å². The quantitative estimate of drug-likeness (QED) is 0.756. The highest BCUT2D eigenvalue weighted by molar-refractivity contribution is 6.84. The molecule has 0 unspecified atom stereocenters. The summed E-state index contributed by atoms with van der Waals surface area (Å²) in [5.74, 6) is 0. The van der Waals surface area contributed by atoms with Gasteiger partial charge in [-0.15, -0.1) is 0 Å². The van der Waals surface area contributed by atoms with Crippen LogP contribution in [0.25, 0.3) is 5.57 Å². The Bertz CT molecular complexity index is 413. The Balaban J connectivity index is 3.37. The molecule has 0 fully saturated rings. The SMILES string of the molecule is C=C(C)c1ccc([Si](N(C)C)(N(C)C)N(C)C)cc1. The lowest BCUT2D eigenvalue weighted by Gasteiger charge is -2.46. The molecule has 19 heavy (non-hydrogen) atoms. The fourth-order valence-corrected chi connectivity index (χ4v) is 7.52. The molecule has 0 bridgehead atoms.